The monoisotopic (exact) mass is 248 g/mol. The third kappa shape index (κ3) is 5.19. The Morgan fingerprint density at radius 3 is 2.06 bits per heavy atom. The standard InChI is InChI=1S/C16H28N2/c1-12-7-13(2)9-14(8-12)15(17)10-18(6)11-16(3,4)5/h7-9,15H,10-11,17H2,1-6H3. The smallest absolute Gasteiger partial charge is 0.0424 e. The highest BCUT2D eigenvalue weighted by atomic mass is 15.1. The molecule has 18 heavy (non-hydrogen) atoms. The lowest BCUT2D eigenvalue weighted by Gasteiger charge is -2.28. The molecule has 0 heterocycles. The van der Waals surface area contributed by atoms with Crippen LogP contribution < -0.4 is 5.73 Å². The van der Waals surface area contributed by atoms with Gasteiger partial charge in [0.25, 0.3) is 0 Å². The normalized spacial score (nSPS) is 14.0. The number of nitrogens with two attached hydrogens (primary N) is 1. The molecule has 2 heteroatoms. The average molecular weight is 248 g/mol. The van der Waals surface area contributed by atoms with E-state index in [2.05, 4.69) is 64.8 Å². The van der Waals surface area contributed by atoms with Gasteiger partial charge in [-0.15, -0.1) is 0 Å². The van der Waals surface area contributed by atoms with E-state index in [0.29, 0.717) is 5.41 Å². The summed E-state index contributed by atoms with van der Waals surface area (Å²) in [4.78, 5) is 2.32. The van der Waals surface area contributed by atoms with Gasteiger partial charge in [0.15, 0.2) is 0 Å². The molecule has 0 amide bonds. The number of hydrogen-bond donors (Lipinski definition) is 1. The van der Waals surface area contributed by atoms with E-state index < -0.39 is 0 Å². The van der Waals surface area contributed by atoms with E-state index in [1.807, 2.05) is 0 Å². The molecule has 0 aliphatic carbocycles. The summed E-state index contributed by atoms with van der Waals surface area (Å²) < 4.78 is 0. The van der Waals surface area contributed by atoms with Crippen molar-refractivity contribution in [1.82, 2.24) is 4.90 Å². The minimum Gasteiger partial charge on any atom is -0.323 e. The van der Waals surface area contributed by atoms with Gasteiger partial charge in [-0.05, 0) is 31.9 Å². The number of aryl methyl sites for hydroxylation is 2. The van der Waals surface area contributed by atoms with Gasteiger partial charge >= 0.3 is 0 Å². The first-order valence-electron chi connectivity index (χ1n) is 6.70. The molecule has 0 aromatic heterocycles. The second-order valence-electron chi connectivity index (χ2n) is 6.78. The molecule has 2 N–H and O–H groups in total. The van der Waals surface area contributed by atoms with Crippen molar-refractivity contribution in [3.8, 4) is 0 Å². The summed E-state index contributed by atoms with van der Waals surface area (Å²) in [5.41, 5.74) is 10.5. The van der Waals surface area contributed by atoms with E-state index in [1.165, 1.54) is 16.7 Å². The Bertz CT molecular complexity index is 370. The Morgan fingerprint density at radius 2 is 1.61 bits per heavy atom. The van der Waals surface area contributed by atoms with Gasteiger partial charge in [0, 0.05) is 19.1 Å². The molecule has 1 aromatic carbocycles. The van der Waals surface area contributed by atoms with Crippen LogP contribution in [0.25, 0.3) is 0 Å². The van der Waals surface area contributed by atoms with Crippen molar-refractivity contribution < 1.29 is 0 Å². The lowest BCUT2D eigenvalue weighted by atomic mass is 9.95. The first-order chi connectivity index (χ1) is 8.17. The van der Waals surface area contributed by atoms with Gasteiger partial charge < -0.3 is 10.6 Å². The summed E-state index contributed by atoms with van der Waals surface area (Å²) in [5.74, 6) is 0. The van der Waals surface area contributed by atoms with E-state index >= 15 is 0 Å². The molecule has 102 valence electrons. The zero-order chi connectivity index (χ0) is 13.9. The molecule has 0 aliphatic rings. The largest absolute Gasteiger partial charge is 0.323 e. The van der Waals surface area contributed by atoms with Crippen LogP contribution in [0.2, 0.25) is 0 Å². The molecule has 0 radical (unpaired) electrons. The van der Waals surface area contributed by atoms with Crippen LogP contribution in [-0.4, -0.2) is 25.0 Å². The minimum absolute atomic E-state index is 0.0935. The molecule has 0 bridgehead atoms. The summed E-state index contributed by atoms with van der Waals surface area (Å²) in [6.07, 6.45) is 0. The van der Waals surface area contributed by atoms with Crippen LogP contribution in [0.1, 0.15) is 43.5 Å². The van der Waals surface area contributed by atoms with E-state index in [9.17, 15) is 0 Å². The Labute approximate surface area is 112 Å². The van der Waals surface area contributed by atoms with Gasteiger partial charge in [-0.3, -0.25) is 0 Å². The molecule has 0 aliphatic heterocycles. The third-order valence-corrected chi connectivity index (χ3v) is 2.92. The summed E-state index contributed by atoms with van der Waals surface area (Å²) in [5, 5.41) is 0. The predicted octanol–water partition coefficient (Wildman–Crippen LogP) is 3.28. The topological polar surface area (TPSA) is 29.3 Å². The van der Waals surface area contributed by atoms with Crippen LogP contribution in [-0.2, 0) is 0 Å². The maximum atomic E-state index is 6.31. The highest BCUT2D eigenvalue weighted by Crippen LogP contribution is 2.18. The van der Waals surface area contributed by atoms with E-state index in [4.69, 9.17) is 5.73 Å². The molecule has 1 unspecified atom stereocenters. The van der Waals surface area contributed by atoms with Crippen LogP contribution in [0.3, 0.4) is 0 Å². The van der Waals surface area contributed by atoms with Crippen molar-refractivity contribution in [2.45, 2.75) is 40.7 Å². The van der Waals surface area contributed by atoms with Gasteiger partial charge in [-0.2, -0.15) is 0 Å². The molecule has 2 nitrogen and oxygen atoms in total. The molecule has 0 saturated carbocycles. The third-order valence-electron chi connectivity index (χ3n) is 2.92. The van der Waals surface area contributed by atoms with Crippen LogP contribution in [0.5, 0.6) is 0 Å². The fraction of sp³-hybridized carbons (Fsp3) is 0.625. The highest BCUT2D eigenvalue weighted by molar-refractivity contribution is 5.30. The van der Waals surface area contributed by atoms with Crippen molar-refractivity contribution in [2.75, 3.05) is 20.1 Å². The first kappa shape index (κ1) is 15.2. The van der Waals surface area contributed by atoms with Crippen LogP contribution in [0.4, 0.5) is 0 Å². The summed E-state index contributed by atoms with van der Waals surface area (Å²) in [6.45, 7) is 13.0. The summed E-state index contributed by atoms with van der Waals surface area (Å²) in [6, 6.07) is 6.68. The summed E-state index contributed by atoms with van der Waals surface area (Å²) >= 11 is 0. The van der Waals surface area contributed by atoms with Gasteiger partial charge in [-0.25, -0.2) is 0 Å². The Morgan fingerprint density at radius 1 is 1.11 bits per heavy atom. The average Bonchev–Trinajstić information content (AvgIpc) is 2.12. The Balaban J connectivity index is 2.67. The second kappa shape index (κ2) is 5.85. The SMILES string of the molecule is Cc1cc(C)cc(C(N)CN(C)CC(C)(C)C)c1. The van der Waals surface area contributed by atoms with Crippen molar-refractivity contribution in [1.29, 1.82) is 0 Å². The second-order valence-corrected chi connectivity index (χ2v) is 6.78. The van der Waals surface area contributed by atoms with E-state index in [0.717, 1.165) is 13.1 Å². The number of rotatable bonds is 4. The molecule has 0 saturated heterocycles. The molecule has 0 fully saturated rings. The molecular formula is C16H28N2. The van der Waals surface area contributed by atoms with Crippen LogP contribution >= 0.6 is 0 Å². The maximum Gasteiger partial charge on any atom is 0.0424 e. The van der Waals surface area contributed by atoms with E-state index in [1.54, 1.807) is 0 Å². The Hall–Kier alpha value is -0.860. The van der Waals surface area contributed by atoms with Gasteiger partial charge in [0.1, 0.15) is 0 Å². The van der Waals surface area contributed by atoms with Crippen LogP contribution in [0.15, 0.2) is 18.2 Å². The first-order valence-corrected chi connectivity index (χ1v) is 6.70. The summed E-state index contributed by atoms with van der Waals surface area (Å²) in [7, 11) is 2.15. The number of benzene rings is 1. The Kier molecular flexibility index (Phi) is 4.94. The molecule has 1 aromatic rings. The lowest BCUT2D eigenvalue weighted by Crippen LogP contribution is -2.35. The number of likely N-dealkylation sites (N-methyl/N-ethyl adjacent to an activating group) is 1. The molecule has 0 spiro atoms. The number of nitrogens with zero attached hydrogens (tertiary/aromatic N) is 1. The minimum atomic E-state index is 0.0935. The van der Waals surface area contributed by atoms with Crippen molar-refractivity contribution in [2.24, 2.45) is 11.1 Å². The molecular weight excluding hydrogens is 220 g/mol. The quantitative estimate of drug-likeness (QED) is 0.886. The number of hydrogen-bond acceptors (Lipinski definition) is 2. The zero-order valence-corrected chi connectivity index (χ0v) is 12.7. The molecule has 1 rings (SSSR count). The van der Waals surface area contributed by atoms with Gasteiger partial charge in [-0.1, -0.05) is 50.1 Å². The van der Waals surface area contributed by atoms with Gasteiger partial charge in [0.2, 0.25) is 0 Å². The lowest BCUT2D eigenvalue weighted by molar-refractivity contribution is 0.217. The molecule has 1 atom stereocenters. The van der Waals surface area contributed by atoms with Crippen molar-refractivity contribution >= 4 is 0 Å². The van der Waals surface area contributed by atoms with E-state index in [-0.39, 0.29) is 6.04 Å². The van der Waals surface area contributed by atoms with Crippen molar-refractivity contribution in [3.05, 3.63) is 34.9 Å². The highest BCUT2D eigenvalue weighted by Gasteiger charge is 2.16. The van der Waals surface area contributed by atoms with Crippen LogP contribution in [0, 0.1) is 19.3 Å². The van der Waals surface area contributed by atoms with Gasteiger partial charge in [0.05, 0.1) is 0 Å². The maximum absolute atomic E-state index is 6.31. The fourth-order valence-corrected chi connectivity index (χ4v) is 2.54. The fourth-order valence-electron chi connectivity index (χ4n) is 2.54. The van der Waals surface area contributed by atoms with Crippen molar-refractivity contribution in [3.63, 3.8) is 0 Å². The predicted molar refractivity (Wildman–Crippen MR) is 79.8 cm³/mol. The zero-order valence-electron chi connectivity index (χ0n) is 12.7.